The van der Waals surface area contributed by atoms with E-state index in [0.717, 1.165) is 31.5 Å². The first-order valence-corrected chi connectivity index (χ1v) is 6.57. The SMILES string of the molecule is CCC(C)(CO)CNCCc1ccc(F)cc1C. The van der Waals surface area contributed by atoms with E-state index in [9.17, 15) is 9.50 Å². The topological polar surface area (TPSA) is 32.3 Å². The molecule has 0 heterocycles. The number of aliphatic hydroxyl groups is 1. The van der Waals surface area contributed by atoms with Crippen LogP contribution in [0.2, 0.25) is 0 Å². The molecule has 0 saturated heterocycles. The molecule has 0 aliphatic rings. The lowest BCUT2D eigenvalue weighted by molar-refractivity contribution is 0.136. The molecule has 0 aliphatic carbocycles. The van der Waals surface area contributed by atoms with Gasteiger partial charge in [0.1, 0.15) is 5.82 Å². The number of hydrogen-bond acceptors (Lipinski definition) is 2. The van der Waals surface area contributed by atoms with E-state index in [1.54, 1.807) is 6.07 Å². The van der Waals surface area contributed by atoms with Crippen LogP contribution in [0.5, 0.6) is 0 Å². The van der Waals surface area contributed by atoms with Crippen LogP contribution in [0.3, 0.4) is 0 Å². The van der Waals surface area contributed by atoms with Gasteiger partial charge in [-0.05, 0) is 49.6 Å². The van der Waals surface area contributed by atoms with E-state index in [1.807, 2.05) is 13.0 Å². The van der Waals surface area contributed by atoms with E-state index in [4.69, 9.17) is 0 Å². The van der Waals surface area contributed by atoms with Gasteiger partial charge in [-0.15, -0.1) is 0 Å². The zero-order valence-corrected chi connectivity index (χ0v) is 11.6. The van der Waals surface area contributed by atoms with Crippen molar-refractivity contribution < 1.29 is 9.50 Å². The molecule has 0 radical (unpaired) electrons. The molecule has 0 aromatic heterocycles. The minimum atomic E-state index is -0.178. The molecule has 1 rings (SSSR count). The molecule has 1 aromatic carbocycles. The lowest BCUT2D eigenvalue weighted by Crippen LogP contribution is -2.35. The van der Waals surface area contributed by atoms with Gasteiger partial charge in [0, 0.05) is 18.6 Å². The van der Waals surface area contributed by atoms with Gasteiger partial charge in [0.2, 0.25) is 0 Å². The fourth-order valence-electron chi connectivity index (χ4n) is 1.85. The molecule has 0 saturated carbocycles. The van der Waals surface area contributed by atoms with Crippen molar-refractivity contribution in [3.63, 3.8) is 0 Å². The van der Waals surface area contributed by atoms with E-state index < -0.39 is 0 Å². The molecule has 102 valence electrons. The highest BCUT2D eigenvalue weighted by Crippen LogP contribution is 2.18. The van der Waals surface area contributed by atoms with Gasteiger partial charge >= 0.3 is 0 Å². The average Bonchev–Trinajstić information content (AvgIpc) is 2.36. The number of hydrogen-bond donors (Lipinski definition) is 2. The highest BCUT2D eigenvalue weighted by molar-refractivity contribution is 5.26. The fourth-order valence-corrected chi connectivity index (χ4v) is 1.85. The number of aryl methyl sites for hydroxylation is 1. The highest BCUT2D eigenvalue weighted by Gasteiger charge is 2.19. The van der Waals surface area contributed by atoms with Gasteiger partial charge in [0.05, 0.1) is 0 Å². The summed E-state index contributed by atoms with van der Waals surface area (Å²) in [6, 6.07) is 4.92. The van der Waals surface area contributed by atoms with Gasteiger partial charge in [-0.25, -0.2) is 4.39 Å². The molecule has 0 aliphatic heterocycles. The van der Waals surface area contributed by atoms with Crippen molar-refractivity contribution >= 4 is 0 Å². The van der Waals surface area contributed by atoms with Gasteiger partial charge in [0.15, 0.2) is 0 Å². The summed E-state index contributed by atoms with van der Waals surface area (Å²) >= 11 is 0. The average molecular weight is 253 g/mol. The Kier molecular flexibility index (Phi) is 5.76. The van der Waals surface area contributed by atoms with Gasteiger partial charge < -0.3 is 10.4 Å². The molecular weight excluding hydrogens is 229 g/mol. The maximum Gasteiger partial charge on any atom is 0.123 e. The smallest absolute Gasteiger partial charge is 0.123 e. The van der Waals surface area contributed by atoms with Crippen LogP contribution >= 0.6 is 0 Å². The Hall–Kier alpha value is -0.930. The molecule has 2 N–H and O–H groups in total. The summed E-state index contributed by atoms with van der Waals surface area (Å²) in [7, 11) is 0. The van der Waals surface area contributed by atoms with Gasteiger partial charge in [-0.3, -0.25) is 0 Å². The zero-order valence-electron chi connectivity index (χ0n) is 11.6. The van der Waals surface area contributed by atoms with Crippen LogP contribution in [0, 0.1) is 18.2 Å². The third-order valence-corrected chi connectivity index (χ3v) is 3.66. The number of rotatable bonds is 7. The summed E-state index contributed by atoms with van der Waals surface area (Å²) in [5, 5.41) is 12.7. The Morgan fingerprint density at radius 2 is 2.11 bits per heavy atom. The van der Waals surface area contributed by atoms with Crippen molar-refractivity contribution in [3.05, 3.63) is 35.1 Å². The molecule has 1 aromatic rings. The van der Waals surface area contributed by atoms with Crippen LogP contribution < -0.4 is 5.32 Å². The largest absolute Gasteiger partial charge is 0.396 e. The molecular formula is C15H24FNO. The van der Waals surface area contributed by atoms with E-state index in [0.29, 0.717) is 0 Å². The third kappa shape index (κ3) is 4.39. The first-order chi connectivity index (χ1) is 8.50. The Morgan fingerprint density at radius 3 is 2.67 bits per heavy atom. The maximum absolute atomic E-state index is 12.9. The Labute approximate surface area is 109 Å². The third-order valence-electron chi connectivity index (χ3n) is 3.66. The molecule has 0 bridgehead atoms. The first kappa shape index (κ1) is 15.1. The van der Waals surface area contributed by atoms with Crippen LogP contribution in [0.1, 0.15) is 31.4 Å². The van der Waals surface area contributed by atoms with Crippen LogP contribution in [-0.2, 0) is 6.42 Å². The minimum absolute atomic E-state index is 0.0438. The lowest BCUT2D eigenvalue weighted by Gasteiger charge is -2.26. The molecule has 3 heteroatoms. The van der Waals surface area contributed by atoms with Gasteiger partial charge in [-0.1, -0.05) is 19.9 Å². The van der Waals surface area contributed by atoms with Crippen molar-refractivity contribution in [1.29, 1.82) is 0 Å². The van der Waals surface area contributed by atoms with Crippen LogP contribution in [-0.4, -0.2) is 24.8 Å². The molecule has 1 unspecified atom stereocenters. The predicted molar refractivity (Wildman–Crippen MR) is 73.2 cm³/mol. The molecule has 0 amide bonds. The fraction of sp³-hybridized carbons (Fsp3) is 0.600. The zero-order chi connectivity index (χ0) is 13.6. The van der Waals surface area contributed by atoms with Crippen molar-refractivity contribution in [1.82, 2.24) is 5.32 Å². The summed E-state index contributed by atoms with van der Waals surface area (Å²) in [4.78, 5) is 0. The van der Waals surface area contributed by atoms with Crippen LogP contribution in [0.15, 0.2) is 18.2 Å². The number of aliphatic hydroxyl groups excluding tert-OH is 1. The summed E-state index contributed by atoms with van der Waals surface area (Å²) in [5.74, 6) is -0.178. The monoisotopic (exact) mass is 253 g/mol. The molecule has 0 spiro atoms. The Bertz CT molecular complexity index is 375. The molecule has 0 fully saturated rings. The van der Waals surface area contributed by atoms with Crippen LogP contribution in [0.25, 0.3) is 0 Å². The van der Waals surface area contributed by atoms with E-state index in [2.05, 4.69) is 19.2 Å². The Morgan fingerprint density at radius 1 is 1.39 bits per heavy atom. The summed E-state index contributed by atoms with van der Waals surface area (Å²) in [6.07, 6.45) is 1.84. The van der Waals surface area contributed by atoms with E-state index >= 15 is 0 Å². The number of halogens is 1. The minimum Gasteiger partial charge on any atom is -0.396 e. The molecule has 2 nitrogen and oxygen atoms in total. The van der Waals surface area contributed by atoms with Crippen molar-refractivity contribution in [2.24, 2.45) is 5.41 Å². The Balaban J connectivity index is 2.38. The molecule has 1 atom stereocenters. The standard InChI is InChI=1S/C15H24FNO/c1-4-15(3,11-18)10-17-8-7-13-5-6-14(16)9-12(13)2/h5-6,9,17-18H,4,7-8,10-11H2,1-3H3. The molecule has 18 heavy (non-hydrogen) atoms. The number of nitrogens with one attached hydrogen (secondary N) is 1. The second kappa shape index (κ2) is 6.86. The summed E-state index contributed by atoms with van der Waals surface area (Å²) < 4.78 is 12.9. The second-order valence-electron chi connectivity index (χ2n) is 5.32. The summed E-state index contributed by atoms with van der Waals surface area (Å²) in [6.45, 7) is 7.95. The van der Waals surface area contributed by atoms with E-state index in [-0.39, 0.29) is 17.8 Å². The van der Waals surface area contributed by atoms with Crippen LogP contribution in [0.4, 0.5) is 4.39 Å². The maximum atomic E-state index is 12.9. The van der Waals surface area contributed by atoms with Crippen molar-refractivity contribution in [3.8, 4) is 0 Å². The first-order valence-electron chi connectivity index (χ1n) is 6.57. The van der Waals surface area contributed by atoms with Crippen molar-refractivity contribution in [2.45, 2.75) is 33.6 Å². The van der Waals surface area contributed by atoms with E-state index in [1.165, 1.54) is 11.6 Å². The van der Waals surface area contributed by atoms with Gasteiger partial charge in [-0.2, -0.15) is 0 Å². The highest BCUT2D eigenvalue weighted by atomic mass is 19.1. The normalized spacial score (nSPS) is 14.5. The second-order valence-corrected chi connectivity index (χ2v) is 5.32. The van der Waals surface area contributed by atoms with Crippen molar-refractivity contribution in [2.75, 3.05) is 19.7 Å². The predicted octanol–water partition coefficient (Wildman–Crippen LogP) is 2.67. The quantitative estimate of drug-likeness (QED) is 0.732. The van der Waals surface area contributed by atoms with Gasteiger partial charge in [0.25, 0.3) is 0 Å². The lowest BCUT2D eigenvalue weighted by atomic mass is 9.88. The summed E-state index contributed by atoms with van der Waals surface area (Å²) in [5.41, 5.74) is 2.13. The number of benzene rings is 1.